The highest BCUT2D eigenvalue weighted by molar-refractivity contribution is 6.20. The molecule has 35 heavy (non-hydrogen) atoms. The van der Waals surface area contributed by atoms with Crippen molar-refractivity contribution in [3.05, 3.63) is 84.1 Å². The van der Waals surface area contributed by atoms with Gasteiger partial charge < -0.3 is 29.3 Å². The number of hydrogen-bond donors (Lipinski definition) is 2. The molecule has 0 unspecified atom stereocenters. The lowest BCUT2D eigenvalue weighted by Crippen LogP contribution is -2.11. The Morgan fingerprint density at radius 3 is 2.51 bits per heavy atom. The van der Waals surface area contributed by atoms with Crippen molar-refractivity contribution in [2.45, 2.75) is 6.54 Å². The first-order chi connectivity index (χ1) is 17.0. The normalized spacial score (nSPS) is 11.1. The third kappa shape index (κ3) is 3.95. The van der Waals surface area contributed by atoms with E-state index in [0.717, 1.165) is 22.3 Å². The summed E-state index contributed by atoms with van der Waals surface area (Å²) in [5.74, 6) is -0.0798. The number of aliphatic carboxylic acids is 1. The maximum absolute atomic E-state index is 12.4. The fraction of sp³-hybridized carbons (Fsp3) is 0.111. The number of para-hydroxylation sites is 1. The van der Waals surface area contributed by atoms with Gasteiger partial charge in [-0.1, -0.05) is 24.3 Å². The number of nitrogens with two attached hydrogens (primary N) is 1. The molecule has 0 saturated heterocycles. The number of carbonyl (C=O) groups excluding carboxylic acids is 1. The van der Waals surface area contributed by atoms with Gasteiger partial charge in [-0.3, -0.25) is 4.79 Å². The molecule has 5 rings (SSSR count). The predicted octanol–water partition coefficient (Wildman–Crippen LogP) is 4.67. The summed E-state index contributed by atoms with van der Waals surface area (Å²) in [6.07, 6.45) is 1.56. The monoisotopic (exact) mass is 470 g/mol. The fourth-order valence-electron chi connectivity index (χ4n) is 4.44. The number of hydrogen-bond acceptors (Lipinski definition) is 5. The van der Waals surface area contributed by atoms with E-state index in [1.54, 1.807) is 37.6 Å². The number of fused-ring (bicyclic) bond motifs is 3. The number of amides is 1. The Hall–Kier alpha value is -4.72. The van der Waals surface area contributed by atoms with Gasteiger partial charge >= 0.3 is 5.97 Å². The number of carboxylic acid groups (broad SMARTS) is 1. The largest absolute Gasteiger partial charge is 0.496 e. The van der Waals surface area contributed by atoms with Crippen LogP contribution in [0, 0.1) is 0 Å². The molecule has 0 bridgehead atoms. The lowest BCUT2D eigenvalue weighted by Gasteiger charge is -2.13. The van der Waals surface area contributed by atoms with Gasteiger partial charge in [0.1, 0.15) is 17.3 Å². The zero-order valence-electron chi connectivity index (χ0n) is 18.9. The Balaban J connectivity index is 1.87. The van der Waals surface area contributed by atoms with Crippen LogP contribution in [0.3, 0.4) is 0 Å². The van der Waals surface area contributed by atoms with Crippen LogP contribution in [0.15, 0.2) is 77.4 Å². The molecular weight excluding hydrogens is 448 g/mol. The first-order valence-electron chi connectivity index (χ1n) is 10.9. The van der Waals surface area contributed by atoms with Crippen LogP contribution in [-0.2, 0) is 11.3 Å². The molecule has 0 spiro atoms. The standard InChI is InChI=1S/C27H22N2O6/c1-33-21-9-3-2-6-16(21)14-29-19-8-4-7-18(27(28)32)25(19)26-20(29)12-17(22-10-5-11-34-22)13-23(26)35-15-24(30)31/h2-13H,14-15H2,1H3,(H2,28,32)(H,30,31). The summed E-state index contributed by atoms with van der Waals surface area (Å²) in [5.41, 5.74) is 9.16. The van der Waals surface area contributed by atoms with Crippen molar-refractivity contribution >= 4 is 33.7 Å². The Bertz CT molecular complexity index is 1570. The van der Waals surface area contributed by atoms with Crippen LogP contribution >= 0.6 is 0 Å². The zero-order chi connectivity index (χ0) is 24.5. The van der Waals surface area contributed by atoms with Gasteiger partial charge in [-0.25, -0.2) is 4.79 Å². The molecule has 8 heteroatoms. The van der Waals surface area contributed by atoms with Crippen molar-refractivity contribution in [2.75, 3.05) is 13.7 Å². The molecule has 3 N–H and O–H groups in total. The quantitative estimate of drug-likeness (QED) is 0.340. The van der Waals surface area contributed by atoms with Gasteiger partial charge in [0.2, 0.25) is 5.91 Å². The first kappa shape index (κ1) is 22.1. The molecule has 1 amide bonds. The van der Waals surface area contributed by atoms with Crippen molar-refractivity contribution in [2.24, 2.45) is 5.73 Å². The highest BCUT2D eigenvalue weighted by Gasteiger charge is 2.22. The highest BCUT2D eigenvalue weighted by atomic mass is 16.5. The molecule has 0 aliphatic heterocycles. The zero-order valence-corrected chi connectivity index (χ0v) is 18.9. The van der Waals surface area contributed by atoms with E-state index < -0.39 is 18.5 Å². The lowest BCUT2D eigenvalue weighted by molar-refractivity contribution is -0.139. The maximum atomic E-state index is 12.4. The van der Waals surface area contributed by atoms with E-state index in [9.17, 15) is 14.7 Å². The maximum Gasteiger partial charge on any atom is 0.341 e. The highest BCUT2D eigenvalue weighted by Crippen LogP contribution is 2.41. The topological polar surface area (TPSA) is 117 Å². The van der Waals surface area contributed by atoms with Crippen LogP contribution in [0.25, 0.3) is 33.1 Å². The number of nitrogens with zero attached hydrogens (tertiary/aromatic N) is 1. The number of ether oxygens (including phenoxy) is 2. The first-order valence-corrected chi connectivity index (χ1v) is 10.9. The van der Waals surface area contributed by atoms with E-state index in [-0.39, 0.29) is 0 Å². The summed E-state index contributed by atoms with van der Waals surface area (Å²) in [4.78, 5) is 23.7. The summed E-state index contributed by atoms with van der Waals surface area (Å²) in [6, 6.07) is 20.2. The van der Waals surface area contributed by atoms with Crippen molar-refractivity contribution in [3.63, 3.8) is 0 Å². The van der Waals surface area contributed by atoms with Gasteiger partial charge in [0.25, 0.3) is 0 Å². The third-order valence-corrected chi connectivity index (χ3v) is 5.90. The van der Waals surface area contributed by atoms with Crippen LogP contribution in [0.1, 0.15) is 15.9 Å². The summed E-state index contributed by atoms with van der Waals surface area (Å²) in [6.45, 7) is -0.124. The van der Waals surface area contributed by atoms with Gasteiger partial charge in [-0.15, -0.1) is 0 Å². The van der Waals surface area contributed by atoms with Crippen molar-refractivity contribution in [3.8, 4) is 22.8 Å². The fourth-order valence-corrected chi connectivity index (χ4v) is 4.44. The average Bonchev–Trinajstić information content (AvgIpc) is 3.50. The molecule has 0 radical (unpaired) electrons. The molecule has 8 nitrogen and oxygen atoms in total. The summed E-state index contributed by atoms with van der Waals surface area (Å²) >= 11 is 0. The molecule has 0 aliphatic carbocycles. The SMILES string of the molecule is COc1ccccc1Cn1c2cc(-c3ccco3)cc(OCC(=O)O)c2c2c(C(N)=O)cccc21. The van der Waals surface area contributed by atoms with E-state index in [4.69, 9.17) is 19.6 Å². The minimum Gasteiger partial charge on any atom is -0.496 e. The van der Waals surface area contributed by atoms with E-state index in [1.807, 2.05) is 47.0 Å². The number of primary amides is 1. The Morgan fingerprint density at radius 1 is 0.971 bits per heavy atom. The number of carbonyl (C=O) groups is 2. The van der Waals surface area contributed by atoms with Crippen molar-refractivity contribution in [1.29, 1.82) is 0 Å². The van der Waals surface area contributed by atoms with Crippen LogP contribution in [0.2, 0.25) is 0 Å². The molecule has 0 atom stereocenters. The Labute approximate surface area is 200 Å². The Morgan fingerprint density at radius 2 is 1.80 bits per heavy atom. The van der Waals surface area contributed by atoms with Gasteiger partial charge in [0.05, 0.1) is 36.3 Å². The lowest BCUT2D eigenvalue weighted by atomic mass is 10.0. The molecule has 2 aromatic heterocycles. The summed E-state index contributed by atoms with van der Waals surface area (Å²) in [5, 5.41) is 10.5. The molecule has 0 fully saturated rings. The number of furan rings is 1. The van der Waals surface area contributed by atoms with Gasteiger partial charge in [-0.2, -0.15) is 0 Å². The second kappa shape index (κ2) is 8.90. The smallest absolute Gasteiger partial charge is 0.341 e. The summed E-state index contributed by atoms with van der Waals surface area (Å²) in [7, 11) is 1.61. The molecule has 3 aromatic carbocycles. The number of methoxy groups -OCH3 is 1. The van der Waals surface area contributed by atoms with Crippen LogP contribution < -0.4 is 15.2 Å². The van der Waals surface area contributed by atoms with E-state index in [2.05, 4.69) is 0 Å². The number of benzene rings is 3. The van der Waals surface area contributed by atoms with Gasteiger partial charge in [-0.05, 0) is 42.5 Å². The predicted molar refractivity (Wildman–Crippen MR) is 131 cm³/mol. The third-order valence-electron chi connectivity index (χ3n) is 5.90. The molecule has 2 heterocycles. The van der Waals surface area contributed by atoms with Crippen LogP contribution in [-0.4, -0.2) is 35.3 Å². The second-order valence-electron chi connectivity index (χ2n) is 7.99. The van der Waals surface area contributed by atoms with Gasteiger partial charge in [0, 0.05) is 22.1 Å². The molecule has 0 aliphatic rings. The average molecular weight is 470 g/mol. The van der Waals surface area contributed by atoms with Crippen molar-refractivity contribution < 1.29 is 28.6 Å². The molecule has 5 aromatic rings. The van der Waals surface area contributed by atoms with E-state index >= 15 is 0 Å². The number of rotatable bonds is 8. The Kier molecular flexibility index (Phi) is 5.62. The molecule has 176 valence electrons. The van der Waals surface area contributed by atoms with Gasteiger partial charge in [0.15, 0.2) is 6.61 Å². The minimum absolute atomic E-state index is 0.314. The van der Waals surface area contributed by atoms with Crippen molar-refractivity contribution in [1.82, 2.24) is 4.57 Å². The second-order valence-corrected chi connectivity index (χ2v) is 7.99. The number of carboxylic acids is 1. The number of aromatic nitrogens is 1. The van der Waals surface area contributed by atoms with Crippen LogP contribution in [0.4, 0.5) is 0 Å². The molecular formula is C27H22N2O6. The minimum atomic E-state index is -1.12. The van der Waals surface area contributed by atoms with Crippen LogP contribution in [0.5, 0.6) is 11.5 Å². The summed E-state index contributed by atoms with van der Waals surface area (Å²) < 4.78 is 18.9. The molecule has 0 saturated carbocycles. The van der Waals surface area contributed by atoms with E-state index in [0.29, 0.717) is 40.0 Å². The van der Waals surface area contributed by atoms with E-state index in [1.165, 1.54) is 0 Å².